The summed E-state index contributed by atoms with van der Waals surface area (Å²) >= 11 is 0. The van der Waals surface area contributed by atoms with Crippen molar-refractivity contribution in [2.45, 2.75) is 25.8 Å². The molecule has 0 aromatic carbocycles. The van der Waals surface area contributed by atoms with Gasteiger partial charge in [-0.15, -0.1) is 0 Å². The first-order chi connectivity index (χ1) is 11.5. The van der Waals surface area contributed by atoms with Crippen molar-refractivity contribution in [3.05, 3.63) is 11.8 Å². The number of carboxylic acid groups (broad SMARTS) is 1. The minimum atomic E-state index is -0.862. The predicted octanol–water partition coefficient (Wildman–Crippen LogP) is 1.06. The highest BCUT2D eigenvalue weighted by Gasteiger charge is 2.24. The van der Waals surface area contributed by atoms with Gasteiger partial charge in [-0.25, -0.2) is 9.78 Å². The molecule has 2 saturated heterocycles. The maximum atomic E-state index is 11.0. The lowest BCUT2D eigenvalue weighted by Gasteiger charge is -2.34. The number of amides is 1. The SMILES string of the molecule is Cc1cnc(OC[C@@H]2CCCN2C)nc1N1CCN(C(=O)O)CC1. The first-order valence-electron chi connectivity index (χ1n) is 8.44. The number of hydrogen-bond acceptors (Lipinski definition) is 6. The molecule has 1 amide bonds. The Morgan fingerprint density at radius 3 is 2.71 bits per heavy atom. The highest BCUT2D eigenvalue weighted by molar-refractivity contribution is 5.65. The molecule has 132 valence electrons. The average molecular weight is 335 g/mol. The van der Waals surface area contributed by atoms with Gasteiger partial charge >= 0.3 is 12.1 Å². The van der Waals surface area contributed by atoms with Crippen LogP contribution in [-0.4, -0.2) is 83.4 Å². The summed E-state index contributed by atoms with van der Waals surface area (Å²) in [7, 11) is 2.12. The van der Waals surface area contributed by atoms with Crippen LogP contribution in [0, 0.1) is 6.92 Å². The van der Waals surface area contributed by atoms with E-state index in [2.05, 4.69) is 26.8 Å². The molecule has 3 rings (SSSR count). The molecule has 24 heavy (non-hydrogen) atoms. The summed E-state index contributed by atoms with van der Waals surface area (Å²) in [6.07, 6.45) is 3.27. The summed E-state index contributed by atoms with van der Waals surface area (Å²) in [6.45, 7) is 5.93. The molecule has 2 aliphatic heterocycles. The fourth-order valence-corrected chi connectivity index (χ4v) is 3.28. The fourth-order valence-electron chi connectivity index (χ4n) is 3.28. The van der Waals surface area contributed by atoms with E-state index in [-0.39, 0.29) is 0 Å². The lowest BCUT2D eigenvalue weighted by Crippen LogP contribution is -2.48. The van der Waals surface area contributed by atoms with Crippen LogP contribution < -0.4 is 9.64 Å². The third-order valence-corrected chi connectivity index (χ3v) is 4.85. The number of aromatic nitrogens is 2. The highest BCUT2D eigenvalue weighted by Crippen LogP contribution is 2.21. The minimum absolute atomic E-state index is 0.400. The van der Waals surface area contributed by atoms with Gasteiger partial charge in [-0.1, -0.05) is 0 Å². The molecule has 0 aliphatic carbocycles. The van der Waals surface area contributed by atoms with Crippen molar-refractivity contribution < 1.29 is 14.6 Å². The van der Waals surface area contributed by atoms with Crippen LogP contribution in [0.2, 0.25) is 0 Å². The third-order valence-electron chi connectivity index (χ3n) is 4.85. The Morgan fingerprint density at radius 2 is 2.08 bits per heavy atom. The topological polar surface area (TPSA) is 82.0 Å². The summed E-state index contributed by atoms with van der Waals surface area (Å²) in [6, 6.07) is 0.828. The van der Waals surface area contributed by atoms with Crippen LogP contribution in [0.25, 0.3) is 0 Å². The molecule has 2 fully saturated rings. The van der Waals surface area contributed by atoms with E-state index in [1.807, 2.05) is 6.92 Å². The van der Waals surface area contributed by atoms with Gasteiger partial charge in [-0.05, 0) is 33.4 Å². The predicted molar refractivity (Wildman–Crippen MR) is 89.7 cm³/mol. The molecule has 0 bridgehead atoms. The number of rotatable bonds is 4. The number of nitrogens with zero attached hydrogens (tertiary/aromatic N) is 5. The van der Waals surface area contributed by atoms with Gasteiger partial charge in [0.05, 0.1) is 0 Å². The number of hydrogen-bond donors (Lipinski definition) is 1. The second kappa shape index (κ2) is 7.21. The zero-order valence-corrected chi connectivity index (χ0v) is 14.3. The van der Waals surface area contributed by atoms with Gasteiger partial charge in [0.2, 0.25) is 0 Å². The van der Waals surface area contributed by atoms with E-state index in [1.54, 1.807) is 6.20 Å². The zero-order valence-electron chi connectivity index (χ0n) is 14.3. The first kappa shape index (κ1) is 16.8. The van der Waals surface area contributed by atoms with Gasteiger partial charge in [-0.2, -0.15) is 4.98 Å². The first-order valence-corrected chi connectivity index (χ1v) is 8.44. The zero-order chi connectivity index (χ0) is 17.1. The Bertz CT molecular complexity index is 589. The smallest absolute Gasteiger partial charge is 0.407 e. The average Bonchev–Trinajstić information content (AvgIpc) is 2.99. The van der Waals surface area contributed by atoms with Gasteiger partial charge in [0.25, 0.3) is 0 Å². The van der Waals surface area contributed by atoms with Crippen molar-refractivity contribution in [3.63, 3.8) is 0 Å². The van der Waals surface area contributed by atoms with Crippen LogP contribution in [0.3, 0.4) is 0 Å². The van der Waals surface area contributed by atoms with E-state index in [0.29, 0.717) is 44.8 Å². The number of anilines is 1. The van der Waals surface area contributed by atoms with Crippen molar-refractivity contribution in [2.24, 2.45) is 0 Å². The molecule has 1 N–H and O–H groups in total. The molecule has 0 spiro atoms. The van der Waals surface area contributed by atoms with Gasteiger partial charge in [0.1, 0.15) is 12.4 Å². The normalized spacial score (nSPS) is 22.0. The van der Waals surface area contributed by atoms with Gasteiger partial charge < -0.3 is 24.5 Å². The molecule has 0 saturated carbocycles. The summed E-state index contributed by atoms with van der Waals surface area (Å²) in [5.41, 5.74) is 0.976. The Labute approximate surface area is 142 Å². The Hall–Kier alpha value is -2.09. The monoisotopic (exact) mass is 335 g/mol. The largest absolute Gasteiger partial charge is 0.465 e. The van der Waals surface area contributed by atoms with E-state index >= 15 is 0 Å². The van der Waals surface area contributed by atoms with E-state index in [4.69, 9.17) is 9.84 Å². The molecule has 0 unspecified atom stereocenters. The highest BCUT2D eigenvalue weighted by atomic mass is 16.5. The van der Waals surface area contributed by atoms with E-state index in [1.165, 1.54) is 11.3 Å². The molecular weight excluding hydrogens is 310 g/mol. The number of aryl methyl sites for hydroxylation is 1. The minimum Gasteiger partial charge on any atom is -0.465 e. The molecule has 1 aromatic rings. The summed E-state index contributed by atoms with van der Waals surface area (Å²) < 4.78 is 5.81. The van der Waals surface area contributed by atoms with Crippen molar-refractivity contribution in [1.29, 1.82) is 0 Å². The van der Waals surface area contributed by atoms with Crippen molar-refractivity contribution in [3.8, 4) is 6.01 Å². The molecule has 2 aliphatic rings. The Morgan fingerprint density at radius 1 is 1.33 bits per heavy atom. The van der Waals surface area contributed by atoms with Gasteiger partial charge in [-0.3, -0.25) is 0 Å². The maximum absolute atomic E-state index is 11.0. The second-order valence-corrected chi connectivity index (χ2v) is 6.50. The van der Waals surface area contributed by atoms with E-state index in [0.717, 1.165) is 24.3 Å². The molecule has 1 aromatic heterocycles. The molecule has 3 heterocycles. The third kappa shape index (κ3) is 3.69. The molecule has 8 nitrogen and oxygen atoms in total. The number of piperazine rings is 1. The van der Waals surface area contributed by atoms with Crippen LogP contribution in [0.4, 0.5) is 10.6 Å². The van der Waals surface area contributed by atoms with Crippen LogP contribution in [-0.2, 0) is 0 Å². The van der Waals surface area contributed by atoms with Crippen LogP contribution in [0.5, 0.6) is 6.01 Å². The summed E-state index contributed by atoms with van der Waals surface area (Å²) in [5, 5.41) is 9.05. The fraction of sp³-hybridized carbons (Fsp3) is 0.688. The van der Waals surface area contributed by atoms with Crippen molar-refractivity contribution in [1.82, 2.24) is 19.8 Å². The molecule has 8 heteroatoms. The van der Waals surface area contributed by atoms with Crippen LogP contribution >= 0.6 is 0 Å². The van der Waals surface area contributed by atoms with E-state index < -0.39 is 6.09 Å². The Balaban J connectivity index is 1.62. The lowest BCUT2D eigenvalue weighted by molar-refractivity contribution is 0.142. The number of carbonyl (C=O) groups is 1. The summed E-state index contributed by atoms with van der Waals surface area (Å²) in [4.78, 5) is 25.7. The maximum Gasteiger partial charge on any atom is 0.407 e. The lowest BCUT2D eigenvalue weighted by atomic mass is 10.2. The number of likely N-dealkylation sites (tertiary alicyclic amines) is 1. The molecule has 1 atom stereocenters. The quantitative estimate of drug-likeness (QED) is 0.881. The van der Waals surface area contributed by atoms with Gasteiger partial charge in [0.15, 0.2) is 0 Å². The number of likely N-dealkylation sites (N-methyl/N-ethyl adjacent to an activating group) is 1. The van der Waals surface area contributed by atoms with Gasteiger partial charge in [0, 0.05) is 44.0 Å². The van der Waals surface area contributed by atoms with Crippen LogP contribution in [0.15, 0.2) is 6.20 Å². The standard InChI is InChI=1S/C16H25N5O3/c1-12-10-17-15(24-11-13-4-3-5-19(13)2)18-14(12)20-6-8-21(9-7-20)16(22)23/h10,13H,3-9,11H2,1-2H3,(H,22,23)/t13-/m0/s1. The summed E-state index contributed by atoms with van der Waals surface area (Å²) in [5.74, 6) is 0.838. The second-order valence-electron chi connectivity index (χ2n) is 6.50. The molecular formula is C16H25N5O3. The van der Waals surface area contributed by atoms with Crippen molar-refractivity contribution >= 4 is 11.9 Å². The molecule has 0 radical (unpaired) electrons. The van der Waals surface area contributed by atoms with Crippen molar-refractivity contribution in [2.75, 3.05) is 51.3 Å². The number of ether oxygens (including phenoxy) is 1. The van der Waals surface area contributed by atoms with E-state index in [9.17, 15) is 4.79 Å². The van der Waals surface area contributed by atoms with Crippen LogP contribution in [0.1, 0.15) is 18.4 Å². The Kier molecular flexibility index (Phi) is 5.03.